The van der Waals surface area contributed by atoms with Crippen molar-refractivity contribution in [2.75, 3.05) is 39.6 Å². The molecule has 6 heterocycles. The molecule has 0 radical (unpaired) electrons. The Labute approximate surface area is 569 Å². The summed E-state index contributed by atoms with van der Waals surface area (Å²) in [5, 5.41) is 186. The highest BCUT2D eigenvalue weighted by molar-refractivity contribution is 6.30. The Morgan fingerprint density at radius 3 is 1.73 bits per heavy atom. The standard InChI is InChI=1S/C65H107ClN4O27/c1-4-5-6-7-8-9-10-11-12-13-14-15-16-17-18-19-46(79)67-37(38(76)24-25-45-68-61(70-69-45)35-20-22-36(66)23-21-35)32-88-63-54(86)52(84)58(43(30-74)91-63)96-65-55(87)60(94-47-26-39(77)33(2)56(93-47)48(80)40(78)27-71)59(44(31-75)92-65)97-62-34(3)57(50(82)42(29-73)89-62)95-64-53(85)51(83)49(81)41(28-72)90-64/h20-25,33-34,37-44,47-60,62-65,71-78,80-87H,4-19,26-32H2,1-3H3,(H,67,79)(H,68,69,70)/b25-24-/t33-,34?,37+,38-,39-,40-,41?,42?,43?,44?,47?,48-,49+,50+,51+,52-,53?,54?,55?,56?,57-,58-,59+,60-,62+,63-,64+,65+/m1/s1. The Balaban J connectivity index is 1.04. The Morgan fingerprint density at radius 1 is 0.598 bits per heavy atom. The number of H-pyrrole nitrogens is 1. The van der Waals surface area contributed by atoms with Crippen LogP contribution in [0.4, 0.5) is 0 Å². The van der Waals surface area contributed by atoms with Crippen molar-refractivity contribution in [3.8, 4) is 11.4 Å². The number of amides is 1. The minimum absolute atomic E-state index is 0.120. The molecular formula is C65H107ClN4O27. The lowest BCUT2D eigenvalue weighted by molar-refractivity contribution is -0.396. The Kier molecular flexibility index (Phi) is 34.0. The van der Waals surface area contributed by atoms with Crippen molar-refractivity contribution in [3.63, 3.8) is 0 Å². The van der Waals surface area contributed by atoms with E-state index in [2.05, 4.69) is 27.4 Å². The number of carbonyl (C=O) groups is 1. The Morgan fingerprint density at radius 2 is 1.12 bits per heavy atom. The number of aromatic nitrogens is 3. The van der Waals surface area contributed by atoms with E-state index in [1.54, 1.807) is 24.3 Å². The molecule has 32 heteroatoms. The molecule has 0 saturated carbocycles. The molecule has 10 unspecified atom stereocenters. The first-order valence-corrected chi connectivity index (χ1v) is 34.7. The lowest BCUT2D eigenvalue weighted by Crippen LogP contribution is -2.67. The van der Waals surface area contributed by atoms with Crippen LogP contribution in [0, 0.1) is 11.8 Å². The molecule has 28 atom stereocenters. The van der Waals surface area contributed by atoms with E-state index in [1.165, 1.54) is 90.2 Å². The third-order valence-corrected chi connectivity index (χ3v) is 19.1. The number of aliphatic hydroxyl groups is 16. The van der Waals surface area contributed by atoms with Crippen molar-refractivity contribution in [1.82, 2.24) is 20.5 Å². The number of nitrogens with zero attached hydrogens (tertiary/aromatic N) is 2. The van der Waals surface area contributed by atoms with Gasteiger partial charge in [-0.1, -0.05) is 128 Å². The maximum absolute atomic E-state index is 13.6. The van der Waals surface area contributed by atoms with E-state index in [9.17, 15) is 86.5 Å². The minimum atomic E-state index is -2.13. The minimum Gasteiger partial charge on any atom is -0.394 e. The lowest BCUT2D eigenvalue weighted by Gasteiger charge is -2.51. The summed E-state index contributed by atoms with van der Waals surface area (Å²) in [6.07, 6.45) is -23.6. The Bertz CT molecular complexity index is 2570. The first kappa shape index (κ1) is 81.1. The highest BCUT2D eigenvalue weighted by Gasteiger charge is 2.57. The molecule has 18 N–H and O–H groups in total. The normalized spacial score (nSPS) is 36.3. The monoisotopic (exact) mass is 1410 g/mol. The fourth-order valence-electron chi connectivity index (χ4n) is 12.8. The van der Waals surface area contributed by atoms with Gasteiger partial charge in [-0.15, -0.1) is 0 Å². The van der Waals surface area contributed by atoms with Gasteiger partial charge in [-0.05, 0) is 36.8 Å². The largest absolute Gasteiger partial charge is 0.394 e. The van der Waals surface area contributed by atoms with Crippen LogP contribution >= 0.6 is 11.6 Å². The zero-order valence-corrected chi connectivity index (χ0v) is 56.1. The summed E-state index contributed by atoms with van der Waals surface area (Å²) < 4.78 is 60.6. The summed E-state index contributed by atoms with van der Waals surface area (Å²) in [5.74, 6) is -1.90. The van der Waals surface area contributed by atoms with Gasteiger partial charge in [0, 0.05) is 35.3 Å². The summed E-state index contributed by atoms with van der Waals surface area (Å²) in [6, 6.07) is 5.61. The van der Waals surface area contributed by atoms with Crippen LogP contribution in [0.15, 0.2) is 30.3 Å². The number of carbonyl (C=O) groups excluding carboxylic acids is 1. The average Bonchev–Trinajstić information content (AvgIpc) is 0.921. The quantitative estimate of drug-likeness (QED) is 0.0345. The summed E-state index contributed by atoms with van der Waals surface area (Å²) in [6.45, 7) is 0.0564. The van der Waals surface area contributed by atoms with Crippen molar-refractivity contribution in [3.05, 3.63) is 41.2 Å². The van der Waals surface area contributed by atoms with Crippen LogP contribution in [-0.2, 0) is 52.2 Å². The third-order valence-electron chi connectivity index (χ3n) is 18.8. The van der Waals surface area contributed by atoms with Crippen LogP contribution in [0.2, 0.25) is 5.02 Å². The van der Waals surface area contributed by atoms with Gasteiger partial charge in [-0.3, -0.25) is 9.89 Å². The molecule has 97 heavy (non-hydrogen) atoms. The first-order valence-electron chi connectivity index (χ1n) is 34.3. The van der Waals surface area contributed by atoms with E-state index in [0.717, 1.165) is 25.7 Å². The molecule has 0 aliphatic carbocycles. The van der Waals surface area contributed by atoms with E-state index in [0.29, 0.717) is 22.8 Å². The molecule has 1 amide bonds. The highest BCUT2D eigenvalue weighted by Crippen LogP contribution is 2.40. The first-order chi connectivity index (χ1) is 46.6. The predicted molar refractivity (Wildman–Crippen MR) is 341 cm³/mol. The molecule has 7 rings (SSSR count). The fourth-order valence-corrected chi connectivity index (χ4v) is 12.9. The van der Waals surface area contributed by atoms with Crippen LogP contribution in [-0.4, -0.2) is 302 Å². The van der Waals surface area contributed by atoms with Crippen LogP contribution in [0.25, 0.3) is 17.5 Å². The number of halogens is 1. The number of nitrogens with one attached hydrogen (secondary N) is 2. The van der Waals surface area contributed by atoms with Crippen molar-refractivity contribution in [1.29, 1.82) is 0 Å². The van der Waals surface area contributed by atoms with E-state index in [4.69, 9.17) is 59.0 Å². The van der Waals surface area contributed by atoms with Gasteiger partial charge in [0.2, 0.25) is 5.91 Å². The molecule has 1 aromatic heterocycles. The van der Waals surface area contributed by atoms with Crippen LogP contribution in [0.1, 0.15) is 136 Å². The van der Waals surface area contributed by atoms with Crippen molar-refractivity contribution in [2.45, 2.75) is 289 Å². The van der Waals surface area contributed by atoms with Crippen LogP contribution in [0.5, 0.6) is 0 Å². The molecule has 5 fully saturated rings. The van der Waals surface area contributed by atoms with E-state index in [-0.39, 0.29) is 18.7 Å². The lowest BCUT2D eigenvalue weighted by atomic mass is 9.87. The SMILES string of the molecule is CCCCCCCCCCCCCCCCCC(=O)N[C@@H](CO[C@@H]1OC(CO)[C@@H](O[C@@H]2OC(CO)[C@H](O[C@@H]3OC(CO)[C@H](O)[C@H](O[C@@H]4OC(CO)[C@H](O)[C@H](O)C4O)C3C)[C@H](OC3C[C@@H](O)[C@@H](C)C([C@H](O)[C@H](O)CO)O3)C2O)[C@H](O)C1O)[C@H](O)/C=C\c1nc(-c2ccc(Cl)cc2)n[nH]1. The molecule has 5 aliphatic rings. The number of rotatable bonds is 39. The second-order valence-electron chi connectivity index (χ2n) is 26.1. The number of aromatic amines is 1. The molecular weight excluding hydrogens is 1300 g/mol. The van der Waals surface area contributed by atoms with Crippen molar-refractivity contribution in [2.24, 2.45) is 11.8 Å². The molecule has 556 valence electrons. The smallest absolute Gasteiger partial charge is 0.220 e. The number of unbranched alkanes of at least 4 members (excludes halogenated alkanes) is 14. The maximum atomic E-state index is 13.6. The van der Waals surface area contributed by atoms with E-state index < -0.39 is 217 Å². The van der Waals surface area contributed by atoms with E-state index in [1.807, 2.05) is 0 Å². The van der Waals surface area contributed by atoms with Gasteiger partial charge < -0.3 is 134 Å². The third kappa shape index (κ3) is 22.4. The van der Waals surface area contributed by atoms with Crippen molar-refractivity contribution < 1.29 is 134 Å². The second kappa shape index (κ2) is 40.6. The van der Waals surface area contributed by atoms with Gasteiger partial charge in [-0.2, -0.15) is 5.10 Å². The van der Waals surface area contributed by atoms with Crippen LogP contribution in [0.3, 0.4) is 0 Å². The zero-order valence-electron chi connectivity index (χ0n) is 55.3. The fraction of sp³-hybridized carbons (Fsp3) is 0.831. The zero-order chi connectivity index (χ0) is 70.5. The van der Waals surface area contributed by atoms with E-state index >= 15 is 0 Å². The molecule has 5 saturated heterocycles. The van der Waals surface area contributed by atoms with Gasteiger partial charge in [0.25, 0.3) is 0 Å². The summed E-state index contributed by atoms with van der Waals surface area (Å²) >= 11 is 6.07. The summed E-state index contributed by atoms with van der Waals surface area (Å²) in [5.41, 5.74) is 0.660. The Hall–Kier alpha value is -3.18. The number of ether oxygens (including phenoxy) is 10. The molecule has 0 spiro atoms. The molecule has 31 nitrogen and oxygen atoms in total. The predicted octanol–water partition coefficient (Wildman–Crippen LogP) is -1.34. The second-order valence-corrected chi connectivity index (χ2v) is 26.6. The number of hydrogen-bond donors (Lipinski definition) is 18. The molecule has 2 aromatic rings. The van der Waals surface area contributed by atoms with Crippen molar-refractivity contribution >= 4 is 23.6 Å². The van der Waals surface area contributed by atoms with Gasteiger partial charge in [0.1, 0.15) is 103 Å². The number of benzene rings is 1. The van der Waals surface area contributed by atoms with Gasteiger partial charge in [0.05, 0.1) is 70.1 Å². The topological polar surface area (TPSA) is 487 Å². The summed E-state index contributed by atoms with van der Waals surface area (Å²) in [7, 11) is 0. The van der Waals surface area contributed by atoms with Gasteiger partial charge >= 0.3 is 0 Å². The average molecular weight is 1410 g/mol. The molecule has 0 bridgehead atoms. The maximum Gasteiger partial charge on any atom is 0.220 e. The van der Waals surface area contributed by atoms with Gasteiger partial charge in [0.15, 0.2) is 37.3 Å². The molecule has 5 aliphatic heterocycles. The molecule has 1 aromatic carbocycles. The number of aliphatic hydroxyl groups excluding tert-OH is 16. The highest BCUT2D eigenvalue weighted by atomic mass is 35.5. The summed E-state index contributed by atoms with van der Waals surface area (Å²) in [4.78, 5) is 18.0. The number of hydrogen-bond acceptors (Lipinski definition) is 29. The van der Waals surface area contributed by atoms with Gasteiger partial charge in [-0.25, -0.2) is 4.98 Å². The van der Waals surface area contributed by atoms with Crippen LogP contribution < -0.4 is 5.32 Å².